The van der Waals surface area contributed by atoms with Crippen LogP contribution in [0.2, 0.25) is 0 Å². The third-order valence-electron chi connectivity index (χ3n) is 3.03. The van der Waals surface area contributed by atoms with E-state index in [9.17, 15) is 8.42 Å². The summed E-state index contributed by atoms with van der Waals surface area (Å²) in [5.41, 5.74) is 0. The predicted octanol–water partition coefficient (Wildman–Crippen LogP) is 1.44. The Hall–Kier alpha value is -0.250. The van der Waals surface area contributed by atoms with E-state index in [0.717, 1.165) is 5.75 Å². The van der Waals surface area contributed by atoms with Gasteiger partial charge in [-0.1, -0.05) is 13.8 Å². The van der Waals surface area contributed by atoms with Crippen molar-refractivity contribution >= 4 is 21.8 Å². The van der Waals surface area contributed by atoms with Gasteiger partial charge in [0.2, 0.25) is 10.0 Å². The maximum absolute atomic E-state index is 12.2. The van der Waals surface area contributed by atoms with Gasteiger partial charge in [-0.25, -0.2) is 8.42 Å². The van der Waals surface area contributed by atoms with Gasteiger partial charge in [0.15, 0.2) is 5.25 Å². The lowest BCUT2D eigenvalue weighted by Gasteiger charge is -2.37. The Morgan fingerprint density at radius 1 is 1.56 bits per heavy atom. The van der Waals surface area contributed by atoms with E-state index >= 15 is 0 Å². The van der Waals surface area contributed by atoms with Gasteiger partial charge in [-0.2, -0.15) is 21.3 Å². The molecule has 1 fully saturated rings. The van der Waals surface area contributed by atoms with Crippen LogP contribution in [0.1, 0.15) is 27.2 Å². The highest BCUT2D eigenvalue weighted by Crippen LogP contribution is 2.28. The first kappa shape index (κ1) is 13.8. The van der Waals surface area contributed by atoms with Crippen LogP contribution in [0.3, 0.4) is 0 Å². The van der Waals surface area contributed by atoms with E-state index in [1.807, 2.05) is 19.9 Å². The topological polar surface area (TPSA) is 61.2 Å². The standard InChI is InChI=1S/C10H18N2O2S2/c1-4-10(7-11)16(13,14)12-5-6-15-9(3)8(12)2/h8-10H,4-6H2,1-3H3. The van der Waals surface area contributed by atoms with Crippen molar-refractivity contribution in [3.05, 3.63) is 0 Å². The first-order chi connectivity index (χ1) is 7.45. The zero-order chi connectivity index (χ0) is 12.3. The van der Waals surface area contributed by atoms with E-state index in [4.69, 9.17) is 5.26 Å². The van der Waals surface area contributed by atoms with Crippen LogP contribution < -0.4 is 0 Å². The summed E-state index contributed by atoms with van der Waals surface area (Å²) < 4.78 is 25.9. The van der Waals surface area contributed by atoms with Crippen molar-refractivity contribution in [2.24, 2.45) is 0 Å². The molecule has 6 heteroatoms. The predicted molar refractivity (Wildman–Crippen MR) is 66.7 cm³/mol. The molecule has 1 heterocycles. The third kappa shape index (κ3) is 2.53. The summed E-state index contributed by atoms with van der Waals surface area (Å²) in [6.45, 7) is 6.21. The third-order valence-corrected chi connectivity index (χ3v) is 6.69. The molecule has 3 unspecified atom stereocenters. The van der Waals surface area contributed by atoms with Crippen LogP contribution in [0.4, 0.5) is 0 Å². The number of nitriles is 1. The summed E-state index contributed by atoms with van der Waals surface area (Å²) in [6, 6.07) is 1.87. The number of thioether (sulfide) groups is 1. The molecule has 1 aliphatic rings. The quantitative estimate of drug-likeness (QED) is 0.772. The maximum Gasteiger partial charge on any atom is 0.230 e. The molecule has 1 saturated heterocycles. The number of sulfonamides is 1. The summed E-state index contributed by atoms with van der Waals surface area (Å²) in [6.07, 6.45) is 0.351. The smallest absolute Gasteiger partial charge is 0.211 e. The minimum absolute atomic E-state index is 0.0221. The molecule has 0 saturated carbocycles. The second-order valence-corrected chi connectivity index (χ2v) is 7.55. The van der Waals surface area contributed by atoms with Gasteiger partial charge in [0, 0.05) is 23.6 Å². The highest BCUT2D eigenvalue weighted by Gasteiger charge is 2.38. The molecule has 92 valence electrons. The first-order valence-electron chi connectivity index (χ1n) is 5.47. The second-order valence-electron chi connectivity index (χ2n) is 4.00. The lowest BCUT2D eigenvalue weighted by atomic mass is 10.2. The van der Waals surface area contributed by atoms with E-state index in [1.54, 1.807) is 18.7 Å². The number of nitrogens with zero attached hydrogens (tertiary/aromatic N) is 2. The molecule has 4 nitrogen and oxygen atoms in total. The lowest BCUT2D eigenvalue weighted by Crippen LogP contribution is -2.50. The highest BCUT2D eigenvalue weighted by atomic mass is 32.2. The highest BCUT2D eigenvalue weighted by molar-refractivity contribution is 8.00. The molecule has 0 bridgehead atoms. The van der Waals surface area contributed by atoms with Crippen LogP contribution in [-0.2, 0) is 10.0 Å². The van der Waals surface area contributed by atoms with Gasteiger partial charge in [-0.15, -0.1) is 0 Å². The summed E-state index contributed by atoms with van der Waals surface area (Å²) in [5.74, 6) is 0.812. The second kappa shape index (κ2) is 5.39. The largest absolute Gasteiger partial charge is 0.230 e. The Morgan fingerprint density at radius 2 is 2.19 bits per heavy atom. The van der Waals surface area contributed by atoms with Gasteiger partial charge >= 0.3 is 0 Å². The number of hydrogen-bond donors (Lipinski definition) is 0. The Balaban J connectivity index is 2.95. The molecule has 16 heavy (non-hydrogen) atoms. The summed E-state index contributed by atoms with van der Waals surface area (Å²) in [4.78, 5) is 0. The van der Waals surface area contributed by atoms with Crippen molar-refractivity contribution in [1.82, 2.24) is 4.31 Å². The van der Waals surface area contributed by atoms with Crippen molar-refractivity contribution < 1.29 is 8.42 Å². The Morgan fingerprint density at radius 3 is 2.69 bits per heavy atom. The van der Waals surface area contributed by atoms with Crippen molar-refractivity contribution in [3.8, 4) is 6.07 Å². The van der Waals surface area contributed by atoms with Crippen LogP contribution in [0.15, 0.2) is 0 Å². The minimum Gasteiger partial charge on any atom is -0.211 e. The van der Waals surface area contributed by atoms with Crippen molar-refractivity contribution in [1.29, 1.82) is 5.26 Å². The molecule has 3 atom stereocenters. The molecular formula is C10H18N2O2S2. The van der Waals surface area contributed by atoms with Crippen molar-refractivity contribution in [2.75, 3.05) is 12.3 Å². The van der Waals surface area contributed by atoms with Crippen LogP contribution >= 0.6 is 11.8 Å². The molecule has 0 amide bonds. The van der Waals surface area contributed by atoms with Crippen molar-refractivity contribution in [2.45, 2.75) is 43.7 Å². The molecule has 0 aromatic carbocycles. The molecule has 0 radical (unpaired) electrons. The Kier molecular flexibility index (Phi) is 4.65. The van der Waals surface area contributed by atoms with Crippen LogP contribution in [0.5, 0.6) is 0 Å². The Labute approximate surface area is 102 Å². The van der Waals surface area contributed by atoms with Crippen LogP contribution in [0.25, 0.3) is 0 Å². The maximum atomic E-state index is 12.2. The van der Waals surface area contributed by atoms with Gasteiger partial charge in [0.25, 0.3) is 0 Å². The van der Waals surface area contributed by atoms with Crippen LogP contribution in [-0.4, -0.2) is 41.6 Å². The normalized spacial score (nSPS) is 29.6. The molecule has 0 aromatic heterocycles. The molecule has 0 spiro atoms. The molecule has 1 aliphatic heterocycles. The van der Waals surface area contributed by atoms with Crippen molar-refractivity contribution in [3.63, 3.8) is 0 Å². The number of rotatable bonds is 3. The van der Waals surface area contributed by atoms with Crippen LogP contribution in [0, 0.1) is 11.3 Å². The Bertz CT molecular complexity index is 375. The summed E-state index contributed by atoms with van der Waals surface area (Å²) in [7, 11) is -3.45. The fourth-order valence-electron chi connectivity index (χ4n) is 1.80. The zero-order valence-corrected chi connectivity index (χ0v) is 11.5. The first-order valence-corrected chi connectivity index (χ1v) is 8.02. The van der Waals surface area contributed by atoms with E-state index in [1.165, 1.54) is 4.31 Å². The summed E-state index contributed by atoms with van der Waals surface area (Å²) >= 11 is 1.78. The van der Waals surface area contributed by atoms with E-state index < -0.39 is 15.3 Å². The minimum atomic E-state index is -3.45. The number of hydrogen-bond acceptors (Lipinski definition) is 4. The summed E-state index contributed by atoms with van der Waals surface area (Å²) in [5, 5.41) is 8.28. The monoisotopic (exact) mass is 262 g/mol. The van der Waals surface area contributed by atoms with E-state index in [0.29, 0.717) is 18.2 Å². The fraction of sp³-hybridized carbons (Fsp3) is 0.900. The van der Waals surface area contributed by atoms with Gasteiger partial charge in [0.05, 0.1) is 6.07 Å². The zero-order valence-electron chi connectivity index (χ0n) is 9.88. The van der Waals surface area contributed by atoms with Gasteiger partial charge in [-0.05, 0) is 13.3 Å². The van der Waals surface area contributed by atoms with Gasteiger partial charge in [0.1, 0.15) is 0 Å². The average molecular weight is 262 g/mol. The average Bonchev–Trinajstić information content (AvgIpc) is 2.23. The van der Waals surface area contributed by atoms with E-state index in [-0.39, 0.29) is 6.04 Å². The van der Waals surface area contributed by atoms with Gasteiger partial charge in [-0.3, -0.25) is 0 Å². The van der Waals surface area contributed by atoms with E-state index in [2.05, 4.69) is 0 Å². The molecule has 1 rings (SSSR count). The fourth-order valence-corrected chi connectivity index (χ4v) is 4.96. The SMILES string of the molecule is CCC(C#N)S(=O)(=O)N1CCSC(C)C1C. The lowest BCUT2D eigenvalue weighted by molar-refractivity contribution is 0.337. The molecule has 0 N–H and O–H groups in total. The molecule has 0 aromatic rings. The molecular weight excluding hydrogens is 244 g/mol. The van der Waals surface area contributed by atoms with Gasteiger partial charge < -0.3 is 0 Å². The molecule has 0 aliphatic carbocycles.